The second-order valence-corrected chi connectivity index (χ2v) is 7.52. The zero-order valence-corrected chi connectivity index (χ0v) is 18.8. The number of aromatic nitrogens is 2. The van der Waals surface area contributed by atoms with Crippen molar-refractivity contribution in [3.05, 3.63) is 83.7 Å². The lowest BCUT2D eigenvalue weighted by molar-refractivity contribution is -0.116. The first-order valence-electron chi connectivity index (χ1n) is 11.1. The molecule has 1 heterocycles. The number of amides is 1. The molecule has 0 saturated carbocycles. The second kappa shape index (κ2) is 12.3. The molecule has 3 N–H and O–H groups in total. The molecular weight excluding hydrogens is 400 g/mol. The zero-order chi connectivity index (χ0) is 22.6. The molecule has 0 atom stereocenters. The molecule has 7 nitrogen and oxygen atoms in total. The van der Waals surface area contributed by atoms with Gasteiger partial charge in [-0.05, 0) is 48.2 Å². The minimum atomic E-state index is 0.0461. The third kappa shape index (κ3) is 7.27. The van der Waals surface area contributed by atoms with E-state index >= 15 is 0 Å². The van der Waals surface area contributed by atoms with E-state index in [9.17, 15) is 4.79 Å². The van der Waals surface area contributed by atoms with E-state index in [2.05, 4.69) is 52.2 Å². The number of rotatable bonds is 10. The van der Waals surface area contributed by atoms with Crippen molar-refractivity contribution in [3.8, 4) is 0 Å². The van der Waals surface area contributed by atoms with Crippen LogP contribution in [0.1, 0.15) is 43.4 Å². The third-order valence-electron chi connectivity index (χ3n) is 4.93. The highest BCUT2D eigenvalue weighted by Crippen LogP contribution is 2.12. The largest absolute Gasteiger partial charge is 0.357 e. The van der Waals surface area contributed by atoms with Crippen molar-refractivity contribution in [1.29, 1.82) is 0 Å². The van der Waals surface area contributed by atoms with Crippen molar-refractivity contribution in [2.75, 3.05) is 11.9 Å². The van der Waals surface area contributed by atoms with Crippen LogP contribution < -0.4 is 16.0 Å². The van der Waals surface area contributed by atoms with Crippen molar-refractivity contribution >= 4 is 17.6 Å². The van der Waals surface area contributed by atoms with Crippen LogP contribution >= 0.6 is 0 Å². The first kappa shape index (κ1) is 23.1. The van der Waals surface area contributed by atoms with E-state index in [4.69, 9.17) is 4.99 Å². The van der Waals surface area contributed by atoms with Gasteiger partial charge in [0.15, 0.2) is 5.96 Å². The molecule has 7 heteroatoms. The lowest BCUT2D eigenvalue weighted by atomic mass is 10.1. The summed E-state index contributed by atoms with van der Waals surface area (Å²) in [7, 11) is 0. The summed E-state index contributed by atoms with van der Waals surface area (Å²) in [6.45, 7) is 6.79. The summed E-state index contributed by atoms with van der Waals surface area (Å²) in [5.74, 6) is 0.812. The maximum atomic E-state index is 11.7. The van der Waals surface area contributed by atoms with Gasteiger partial charge in [-0.2, -0.15) is 5.10 Å². The number of benzene rings is 2. The van der Waals surface area contributed by atoms with Crippen molar-refractivity contribution in [2.24, 2.45) is 4.99 Å². The van der Waals surface area contributed by atoms with Crippen LogP contribution in [0.3, 0.4) is 0 Å². The molecule has 3 rings (SSSR count). The minimum absolute atomic E-state index is 0.0461. The summed E-state index contributed by atoms with van der Waals surface area (Å²) in [6.07, 6.45) is 5.14. The third-order valence-corrected chi connectivity index (χ3v) is 4.93. The average Bonchev–Trinajstić information content (AvgIpc) is 3.31. The summed E-state index contributed by atoms with van der Waals surface area (Å²) >= 11 is 0. The van der Waals surface area contributed by atoms with Crippen LogP contribution in [0.25, 0.3) is 0 Å². The van der Waals surface area contributed by atoms with Gasteiger partial charge < -0.3 is 16.0 Å². The molecule has 0 aliphatic rings. The van der Waals surface area contributed by atoms with Gasteiger partial charge in [0.05, 0.1) is 13.1 Å². The molecule has 0 spiro atoms. The summed E-state index contributed by atoms with van der Waals surface area (Å²) in [6, 6.07) is 18.1. The molecule has 0 saturated heterocycles. The Labute approximate surface area is 190 Å². The van der Waals surface area contributed by atoms with Crippen LogP contribution in [-0.2, 0) is 24.4 Å². The monoisotopic (exact) mass is 432 g/mol. The van der Waals surface area contributed by atoms with Gasteiger partial charge in [-0.3, -0.25) is 9.48 Å². The maximum absolute atomic E-state index is 11.7. The number of carbonyl (C=O) groups is 1. The van der Waals surface area contributed by atoms with Gasteiger partial charge in [-0.15, -0.1) is 0 Å². The Morgan fingerprint density at radius 3 is 2.47 bits per heavy atom. The Morgan fingerprint density at radius 2 is 1.78 bits per heavy atom. The minimum Gasteiger partial charge on any atom is -0.357 e. The molecule has 0 aliphatic heterocycles. The molecule has 32 heavy (non-hydrogen) atoms. The Kier molecular flexibility index (Phi) is 8.86. The Balaban J connectivity index is 1.59. The van der Waals surface area contributed by atoms with Crippen molar-refractivity contribution in [3.63, 3.8) is 0 Å². The lowest BCUT2D eigenvalue weighted by Gasteiger charge is -2.14. The van der Waals surface area contributed by atoms with E-state index in [-0.39, 0.29) is 5.91 Å². The van der Waals surface area contributed by atoms with Gasteiger partial charge in [0.25, 0.3) is 0 Å². The number of hydrogen-bond donors (Lipinski definition) is 3. The predicted molar refractivity (Wildman–Crippen MR) is 129 cm³/mol. The first-order valence-corrected chi connectivity index (χ1v) is 11.1. The highest BCUT2D eigenvalue weighted by molar-refractivity contribution is 5.90. The van der Waals surface area contributed by atoms with Gasteiger partial charge in [0, 0.05) is 37.6 Å². The van der Waals surface area contributed by atoms with Crippen molar-refractivity contribution < 1.29 is 4.79 Å². The number of nitrogens with one attached hydrogen (secondary N) is 3. The van der Waals surface area contributed by atoms with Crippen LogP contribution in [0.2, 0.25) is 0 Å². The number of guanidine groups is 1. The smallest absolute Gasteiger partial charge is 0.224 e. The summed E-state index contributed by atoms with van der Waals surface area (Å²) in [5.41, 5.74) is 4.32. The average molecular weight is 433 g/mol. The standard InChI is InChI=1S/C25H32N6O/c1-3-8-24(32)30-23-13-11-20(12-14-23)17-27-25(26-4-2)28-18-21-9-5-6-10-22(21)19-31-16-7-15-29-31/h5-7,9-16H,3-4,8,17-19H2,1-2H3,(H,30,32)(H2,26,27,28). The molecular formula is C25H32N6O. The number of hydrogen-bond acceptors (Lipinski definition) is 3. The number of aliphatic imine (C=N–C) groups is 1. The summed E-state index contributed by atoms with van der Waals surface area (Å²) in [4.78, 5) is 16.4. The predicted octanol–water partition coefficient (Wildman–Crippen LogP) is 3.93. The fraction of sp³-hybridized carbons (Fsp3) is 0.320. The van der Waals surface area contributed by atoms with Crippen LogP contribution in [-0.4, -0.2) is 28.2 Å². The molecule has 168 valence electrons. The van der Waals surface area contributed by atoms with Gasteiger partial charge in [0.2, 0.25) is 5.91 Å². The van der Waals surface area contributed by atoms with Crippen LogP contribution in [0.4, 0.5) is 5.69 Å². The number of anilines is 1. The second-order valence-electron chi connectivity index (χ2n) is 7.52. The van der Waals surface area contributed by atoms with Gasteiger partial charge in [0.1, 0.15) is 0 Å². The first-order chi connectivity index (χ1) is 15.7. The molecule has 0 bridgehead atoms. The fourth-order valence-electron chi connectivity index (χ4n) is 3.29. The molecule has 1 aromatic heterocycles. The molecule has 0 radical (unpaired) electrons. The Bertz CT molecular complexity index is 996. The van der Waals surface area contributed by atoms with E-state index in [1.54, 1.807) is 6.20 Å². The Hall–Kier alpha value is -3.61. The highest BCUT2D eigenvalue weighted by atomic mass is 16.1. The molecule has 2 aromatic carbocycles. The Morgan fingerprint density at radius 1 is 1.00 bits per heavy atom. The van der Waals surface area contributed by atoms with E-state index < -0.39 is 0 Å². The summed E-state index contributed by atoms with van der Waals surface area (Å²) < 4.78 is 1.92. The van der Waals surface area contributed by atoms with E-state index in [0.717, 1.165) is 36.7 Å². The summed E-state index contributed by atoms with van der Waals surface area (Å²) in [5, 5.41) is 14.0. The number of carbonyl (C=O) groups excluding carboxylic acids is 1. The van der Waals surface area contributed by atoms with E-state index in [0.29, 0.717) is 19.5 Å². The zero-order valence-electron chi connectivity index (χ0n) is 18.8. The van der Waals surface area contributed by atoms with Crippen LogP contribution in [0, 0.1) is 0 Å². The van der Waals surface area contributed by atoms with Crippen LogP contribution in [0.15, 0.2) is 72.0 Å². The quantitative estimate of drug-likeness (QED) is 0.335. The van der Waals surface area contributed by atoms with Crippen molar-refractivity contribution in [2.45, 2.75) is 46.3 Å². The van der Waals surface area contributed by atoms with Gasteiger partial charge in [-0.25, -0.2) is 4.99 Å². The molecule has 0 aliphatic carbocycles. The van der Waals surface area contributed by atoms with E-state index in [1.807, 2.05) is 48.1 Å². The molecule has 1 amide bonds. The molecule has 0 unspecified atom stereocenters. The van der Waals surface area contributed by atoms with Crippen molar-refractivity contribution in [1.82, 2.24) is 20.4 Å². The SMILES string of the molecule is CCCC(=O)Nc1ccc(CN=C(NCC)NCc2ccccc2Cn2cccn2)cc1. The van der Waals surface area contributed by atoms with Crippen LogP contribution in [0.5, 0.6) is 0 Å². The highest BCUT2D eigenvalue weighted by Gasteiger charge is 2.05. The van der Waals surface area contributed by atoms with E-state index in [1.165, 1.54) is 11.1 Å². The fourth-order valence-corrected chi connectivity index (χ4v) is 3.29. The molecule has 3 aromatic rings. The molecule has 0 fully saturated rings. The topological polar surface area (TPSA) is 83.3 Å². The van der Waals surface area contributed by atoms with Gasteiger partial charge >= 0.3 is 0 Å². The lowest BCUT2D eigenvalue weighted by Crippen LogP contribution is -2.37. The number of nitrogens with zero attached hydrogens (tertiary/aromatic N) is 3. The van der Waals surface area contributed by atoms with Gasteiger partial charge in [-0.1, -0.05) is 43.3 Å². The maximum Gasteiger partial charge on any atom is 0.224 e. The normalized spacial score (nSPS) is 11.2.